The first-order chi connectivity index (χ1) is 13.4. The van der Waals surface area contributed by atoms with E-state index in [1.165, 1.54) is 10.2 Å². The van der Waals surface area contributed by atoms with Crippen LogP contribution in [-0.2, 0) is 4.79 Å². The number of nitrogens with zero attached hydrogens (tertiary/aromatic N) is 2. The summed E-state index contributed by atoms with van der Waals surface area (Å²) in [5.74, 6) is 0.513. The van der Waals surface area contributed by atoms with Crippen molar-refractivity contribution >= 4 is 23.9 Å². The summed E-state index contributed by atoms with van der Waals surface area (Å²) >= 11 is 0.0127. The summed E-state index contributed by atoms with van der Waals surface area (Å²) in [6.45, 7) is 5.60. The normalized spacial score (nSPS) is 16.0. The van der Waals surface area contributed by atoms with E-state index in [9.17, 15) is 13.8 Å². The molecule has 1 amide bonds. The monoisotopic (exact) mass is 406 g/mol. The van der Waals surface area contributed by atoms with Gasteiger partial charge >= 0.3 is 0 Å². The highest BCUT2D eigenvalue weighted by molar-refractivity contribution is 7.92. The number of phenols is 1. The lowest BCUT2D eigenvalue weighted by molar-refractivity contribution is -0.118. The van der Waals surface area contributed by atoms with Crippen molar-refractivity contribution in [3.63, 3.8) is 0 Å². The standard InChI is InChI=1S/C20H27FN4O2S/c1-4-5-15(13-6-7-13)19(22)20(27)23-14-8-9-16(17(26)10-14)18-11(2)24-25(28-21)12(18)3/h8-10,13,15,19,26H,4-7,22H2,1-3H3,(H,23,27). The van der Waals surface area contributed by atoms with Gasteiger partial charge in [0.1, 0.15) is 5.75 Å². The Morgan fingerprint density at radius 1 is 1.46 bits per heavy atom. The number of aryl methyl sites for hydroxylation is 1. The van der Waals surface area contributed by atoms with Crippen LogP contribution in [0.25, 0.3) is 11.1 Å². The number of benzene rings is 1. The van der Waals surface area contributed by atoms with Gasteiger partial charge in [-0.3, -0.25) is 4.79 Å². The molecule has 6 nitrogen and oxygen atoms in total. The van der Waals surface area contributed by atoms with E-state index in [1.54, 1.807) is 26.0 Å². The molecule has 1 fully saturated rings. The average Bonchev–Trinajstić information content (AvgIpc) is 3.46. The minimum Gasteiger partial charge on any atom is -0.507 e. The number of phenolic OH excluding ortho intramolecular Hbond substituents is 1. The fourth-order valence-corrected chi connectivity index (χ4v) is 4.23. The van der Waals surface area contributed by atoms with Gasteiger partial charge in [-0.2, -0.15) is 9.19 Å². The molecule has 0 spiro atoms. The number of nitrogens with two attached hydrogens (primary N) is 1. The molecule has 28 heavy (non-hydrogen) atoms. The summed E-state index contributed by atoms with van der Waals surface area (Å²) in [4.78, 5) is 12.6. The van der Waals surface area contributed by atoms with E-state index in [0.717, 1.165) is 25.7 Å². The van der Waals surface area contributed by atoms with Crippen molar-refractivity contribution < 1.29 is 13.8 Å². The summed E-state index contributed by atoms with van der Waals surface area (Å²) < 4.78 is 14.1. The van der Waals surface area contributed by atoms with E-state index >= 15 is 0 Å². The van der Waals surface area contributed by atoms with Crippen molar-refractivity contribution in [2.24, 2.45) is 17.6 Å². The predicted octanol–water partition coefficient (Wildman–Crippen LogP) is 4.35. The average molecular weight is 407 g/mol. The Hall–Kier alpha value is -2.06. The maximum absolute atomic E-state index is 13.0. The minimum absolute atomic E-state index is 0.00622. The lowest BCUT2D eigenvalue weighted by Crippen LogP contribution is -2.42. The van der Waals surface area contributed by atoms with Crippen molar-refractivity contribution in [3.8, 4) is 16.9 Å². The molecule has 1 aliphatic carbocycles. The van der Waals surface area contributed by atoms with Gasteiger partial charge in [0, 0.05) is 22.9 Å². The maximum Gasteiger partial charge on any atom is 0.241 e. The summed E-state index contributed by atoms with van der Waals surface area (Å²) in [6.07, 6.45) is 4.23. The number of aromatic hydroxyl groups is 1. The summed E-state index contributed by atoms with van der Waals surface area (Å²) in [7, 11) is 0. The van der Waals surface area contributed by atoms with Crippen molar-refractivity contribution in [2.75, 3.05) is 5.32 Å². The van der Waals surface area contributed by atoms with E-state index in [2.05, 4.69) is 17.3 Å². The van der Waals surface area contributed by atoms with Crippen LogP contribution < -0.4 is 11.1 Å². The largest absolute Gasteiger partial charge is 0.507 e. The smallest absolute Gasteiger partial charge is 0.241 e. The second-order valence-corrected chi connectivity index (χ2v) is 8.01. The zero-order valence-corrected chi connectivity index (χ0v) is 17.2. The Labute approximate surface area is 169 Å². The number of carbonyl (C=O) groups is 1. The van der Waals surface area contributed by atoms with Gasteiger partial charge in [0.2, 0.25) is 5.91 Å². The van der Waals surface area contributed by atoms with Gasteiger partial charge in [-0.15, -0.1) is 3.89 Å². The second kappa shape index (κ2) is 8.53. The van der Waals surface area contributed by atoms with Crippen LogP contribution in [-0.4, -0.2) is 26.2 Å². The third-order valence-corrected chi connectivity index (χ3v) is 5.95. The van der Waals surface area contributed by atoms with E-state index in [0.29, 0.717) is 34.1 Å². The van der Waals surface area contributed by atoms with Crippen LogP contribution in [0.4, 0.5) is 9.57 Å². The minimum atomic E-state index is -0.557. The first kappa shape index (κ1) is 20.7. The SMILES string of the molecule is CCCC(C1CC1)C(N)C(=O)Nc1ccc(-c2c(C)nn(SF)c2C)c(O)c1. The lowest BCUT2D eigenvalue weighted by Gasteiger charge is -2.22. The van der Waals surface area contributed by atoms with E-state index < -0.39 is 6.04 Å². The van der Waals surface area contributed by atoms with Crippen LogP contribution in [0.2, 0.25) is 0 Å². The molecule has 8 heteroatoms. The van der Waals surface area contributed by atoms with Crippen LogP contribution in [0.1, 0.15) is 44.0 Å². The molecule has 1 heterocycles. The van der Waals surface area contributed by atoms with Crippen molar-refractivity contribution in [1.29, 1.82) is 0 Å². The lowest BCUT2D eigenvalue weighted by atomic mass is 9.90. The van der Waals surface area contributed by atoms with Gasteiger partial charge in [0.05, 0.1) is 17.4 Å². The predicted molar refractivity (Wildman–Crippen MR) is 111 cm³/mol. The van der Waals surface area contributed by atoms with Gasteiger partial charge in [-0.1, -0.05) is 13.3 Å². The van der Waals surface area contributed by atoms with Gasteiger partial charge in [-0.05, 0) is 57.1 Å². The molecule has 0 radical (unpaired) electrons. The van der Waals surface area contributed by atoms with E-state index in [1.807, 2.05) is 0 Å². The zero-order chi connectivity index (χ0) is 20.4. The number of aromatic nitrogens is 2. The van der Waals surface area contributed by atoms with Gasteiger partial charge in [-0.25, -0.2) is 0 Å². The quantitative estimate of drug-likeness (QED) is 0.606. The Balaban J connectivity index is 1.77. The van der Waals surface area contributed by atoms with Crippen LogP contribution in [0.3, 0.4) is 0 Å². The van der Waals surface area contributed by atoms with E-state index in [-0.39, 0.29) is 29.9 Å². The van der Waals surface area contributed by atoms with Gasteiger partial charge in [0.15, 0.2) is 12.3 Å². The molecule has 0 saturated heterocycles. The number of anilines is 1. The number of rotatable bonds is 8. The molecule has 1 aromatic carbocycles. The maximum atomic E-state index is 13.0. The number of hydrogen-bond acceptors (Lipinski definition) is 5. The van der Waals surface area contributed by atoms with E-state index in [4.69, 9.17) is 5.73 Å². The molecule has 2 aromatic rings. The Morgan fingerprint density at radius 3 is 2.71 bits per heavy atom. The van der Waals surface area contributed by atoms with Gasteiger partial charge < -0.3 is 16.2 Å². The van der Waals surface area contributed by atoms with Gasteiger partial charge in [0.25, 0.3) is 0 Å². The van der Waals surface area contributed by atoms with Crippen molar-refractivity contribution in [3.05, 3.63) is 29.6 Å². The first-order valence-electron chi connectivity index (χ1n) is 9.62. The molecule has 152 valence electrons. The van der Waals surface area contributed by atoms with Crippen LogP contribution in [0.5, 0.6) is 5.75 Å². The fourth-order valence-electron chi connectivity index (χ4n) is 3.88. The number of nitrogens with one attached hydrogen (secondary N) is 1. The van der Waals surface area contributed by atoms with Crippen molar-refractivity contribution in [2.45, 2.75) is 52.5 Å². The summed E-state index contributed by atoms with van der Waals surface area (Å²) in [5.41, 5.74) is 9.14. The number of halogens is 1. The van der Waals surface area contributed by atoms with Crippen LogP contribution in [0, 0.1) is 25.7 Å². The van der Waals surface area contributed by atoms with Crippen LogP contribution in [0.15, 0.2) is 18.2 Å². The molecular formula is C20H27FN4O2S. The zero-order valence-electron chi connectivity index (χ0n) is 16.4. The molecule has 4 N–H and O–H groups in total. The topological polar surface area (TPSA) is 93.2 Å². The van der Waals surface area contributed by atoms with Crippen LogP contribution >= 0.6 is 12.3 Å². The molecule has 1 aromatic heterocycles. The molecule has 2 atom stereocenters. The second-order valence-electron chi connectivity index (χ2n) is 7.52. The Morgan fingerprint density at radius 2 is 2.18 bits per heavy atom. The summed E-state index contributed by atoms with van der Waals surface area (Å²) in [6, 6.07) is 4.35. The number of carbonyl (C=O) groups excluding carboxylic acids is 1. The third kappa shape index (κ3) is 4.17. The highest BCUT2D eigenvalue weighted by Gasteiger charge is 2.37. The highest BCUT2D eigenvalue weighted by Crippen LogP contribution is 2.41. The Bertz CT molecular complexity index is 866. The molecule has 1 saturated carbocycles. The molecule has 2 unspecified atom stereocenters. The Kier molecular flexibility index (Phi) is 6.30. The van der Waals surface area contributed by atoms with Crippen molar-refractivity contribution in [1.82, 2.24) is 9.19 Å². The molecule has 0 aliphatic heterocycles. The number of amides is 1. The highest BCUT2D eigenvalue weighted by atomic mass is 32.2. The fraction of sp³-hybridized carbons (Fsp3) is 0.500. The first-order valence-corrected chi connectivity index (χ1v) is 10.3. The molecular weight excluding hydrogens is 379 g/mol. The summed E-state index contributed by atoms with van der Waals surface area (Å²) in [5, 5.41) is 17.4. The third-order valence-electron chi connectivity index (χ3n) is 5.46. The molecule has 3 rings (SSSR count). The number of hydrogen-bond donors (Lipinski definition) is 3. The molecule has 1 aliphatic rings. The molecule has 0 bridgehead atoms.